The molecular formula is C23H31IN4O4. The molecule has 2 aromatic carbocycles. The summed E-state index contributed by atoms with van der Waals surface area (Å²) < 4.78 is 10.9. The summed E-state index contributed by atoms with van der Waals surface area (Å²) in [6.45, 7) is 5.24. The lowest BCUT2D eigenvalue weighted by atomic mass is 9.99. The van der Waals surface area contributed by atoms with Crippen LogP contribution in [0.5, 0.6) is 17.2 Å². The van der Waals surface area contributed by atoms with Gasteiger partial charge in [0, 0.05) is 31.7 Å². The zero-order valence-corrected chi connectivity index (χ0v) is 21.0. The average Bonchev–Trinajstić information content (AvgIpc) is 2.80. The third kappa shape index (κ3) is 6.41. The maximum Gasteiger partial charge on any atom is 0.251 e. The molecule has 0 saturated carbocycles. The van der Waals surface area contributed by atoms with E-state index in [9.17, 15) is 9.90 Å². The van der Waals surface area contributed by atoms with Crippen LogP contribution in [0.15, 0.2) is 41.4 Å². The third-order valence-electron chi connectivity index (χ3n) is 5.14. The molecule has 1 aliphatic heterocycles. The van der Waals surface area contributed by atoms with E-state index in [4.69, 9.17) is 9.47 Å². The Hall–Kier alpha value is -2.69. The number of methoxy groups -OCH3 is 2. The van der Waals surface area contributed by atoms with Crippen molar-refractivity contribution in [3.63, 3.8) is 0 Å². The molecule has 3 rings (SSSR count). The van der Waals surface area contributed by atoms with Gasteiger partial charge in [-0.2, -0.15) is 0 Å². The molecule has 3 N–H and O–H groups in total. The molecule has 174 valence electrons. The van der Waals surface area contributed by atoms with Crippen LogP contribution in [0.3, 0.4) is 0 Å². The van der Waals surface area contributed by atoms with Crippen LogP contribution in [0.4, 0.5) is 0 Å². The van der Waals surface area contributed by atoms with E-state index in [0.717, 1.165) is 43.5 Å². The van der Waals surface area contributed by atoms with Gasteiger partial charge in [-0.25, -0.2) is 0 Å². The minimum Gasteiger partial charge on any atom is -0.508 e. The van der Waals surface area contributed by atoms with E-state index >= 15 is 0 Å². The molecule has 1 aliphatic rings. The molecule has 0 saturated heterocycles. The van der Waals surface area contributed by atoms with Crippen molar-refractivity contribution in [1.29, 1.82) is 0 Å². The maximum absolute atomic E-state index is 12.2. The van der Waals surface area contributed by atoms with Gasteiger partial charge in [0.05, 0.1) is 20.8 Å². The van der Waals surface area contributed by atoms with Crippen LogP contribution in [0, 0.1) is 0 Å². The first-order valence-electron chi connectivity index (χ1n) is 10.4. The van der Waals surface area contributed by atoms with Gasteiger partial charge in [-0.15, -0.1) is 24.0 Å². The fraction of sp³-hybridized carbons (Fsp3) is 0.391. The van der Waals surface area contributed by atoms with Gasteiger partial charge in [0.1, 0.15) is 5.75 Å². The number of hydrogen-bond acceptors (Lipinski definition) is 5. The third-order valence-corrected chi connectivity index (χ3v) is 5.14. The first-order chi connectivity index (χ1) is 15.0. The highest BCUT2D eigenvalue weighted by atomic mass is 127. The molecular weight excluding hydrogens is 523 g/mol. The number of guanidine groups is 1. The summed E-state index contributed by atoms with van der Waals surface area (Å²) in [4.78, 5) is 19.1. The summed E-state index contributed by atoms with van der Waals surface area (Å²) in [6.07, 6.45) is 0.887. The number of ether oxygens (including phenoxy) is 2. The smallest absolute Gasteiger partial charge is 0.251 e. The van der Waals surface area contributed by atoms with Gasteiger partial charge in [0.25, 0.3) is 5.91 Å². The Labute approximate surface area is 206 Å². The van der Waals surface area contributed by atoms with Crippen LogP contribution in [-0.4, -0.2) is 62.3 Å². The van der Waals surface area contributed by atoms with Crippen molar-refractivity contribution in [1.82, 2.24) is 15.5 Å². The number of hydrogen-bond donors (Lipinski definition) is 3. The first kappa shape index (κ1) is 25.6. The van der Waals surface area contributed by atoms with Crippen molar-refractivity contribution in [2.45, 2.75) is 19.9 Å². The number of carbonyl (C=O) groups excluding carboxylic acids is 1. The summed E-state index contributed by atoms with van der Waals surface area (Å²) in [6, 6.07) is 10.2. The number of aliphatic imine (C=N–C) groups is 1. The number of carbonyl (C=O) groups is 1. The van der Waals surface area contributed by atoms with E-state index in [1.807, 2.05) is 13.0 Å². The van der Waals surface area contributed by atoms with Gasteiger partial charge < -0.3 is 30.1 Å². The summed E-state index contributed by atoms with van der Waals surface area (Å²) >= 11 is 0. The molecule has 0 spiro atoms. The highest BCUT2D eigenvalue weighted by Crippen LogP contribution is 2.33. The Kier molecular flexibility index (Phi) is 9.89. The number of phenols is 1. The fourth-order valence-corrected chi connectivity index (χ4v) is 3.54. The second-order valence-corrected chi connectivity index (χ2v) is 7.19. The van der Waals surface area contributed by atoms with Crippen LogP contribution < -0.4 is 20.1 Å². The molecule has 1 amide bonds. The molecule has 0 fully saturated rings. The van der Waals surface area contributed by atoms with Crippen molar-refractivity contribution in [3.05, 3.63) is 53.1 Å². The minimum atomic E-state index is -0.187. The van der Waals surface area contributed by atoms with Crippen LogP contribution >= 0.6 is 24.0 Å². The quantitative estimate of drug-likeness (QED) is 0.211. The number of benzene rings is 2. The number of phenolic OH excluding ortho intramolecular Hbond substituents is 1. The Bertz CT molecular complexity index is 934. The van der Waals surface area contributed by atoms with Gasteiger partial charge in [0.2, 0.25) is 0 Å². The zero-order chi connectivity index (χ0) is 22.2. The molecule has 2 aromatic rings. The fourth-order valence-electron chi connectivity index (χ4n) is 3.54. The SMILES string of the molecule is CCNC(=NCCNC(=O)c1ccc(O)cc1)N1CCc2cc(OC)c(OC)cc2C1.I. The zero-order valence-electron chi connectivity index (χ0n) is 18.7. The van der Waals surface area contributed by atoms with Crippen LogP contribution in [0.1, 0.15) is 28.4 Å². The molecule has 32 heavy (non-hydrogen) atoms. The Morgan fingerprint density at radius 2 is 1.75 bits per heavy atom. The Balaban J connectivity index is 0.00000363. The molecule has 8 nitrogen and oxygen atoms in total. The normalized spacial score (nSPS) is 13.0. The molecule has 0 aromatic heterocycles. The topological polar surface area (TPSA) is 95.4 Å². The number of nitrogens with zero attached hydrogens (tertiary/aromatic N) is 2. The second kappa shape index (κ2) is 12.4. The molecule has 0 bridgehead atoms. The molecule has 0 radical (unpaired) electrons. The van der Waals surface area contributed by atoms with Gasteiger partial charge in [-0.1, -0.05) is 0 Å². The summed E-state index contributed by atoms with van der Waals surface area (Å²) in [5.74, 6) is 2.24. The molecule has 9 heteroatoms. The van der Waals surface area contributed by atoms with E-state index in [1.165, 1.54) is 23.3 Å². The number of aromatic hydroxyl groups is 1. The number of fused-ring (bicyclic) bond motifs is 1. The molecule has 0 unspecified atom stereocenters. The molecule has 0 aliphatic carbocycles. The van der Waals surface area contributed by atoms with E-state index in [0.29, 0.717) is 18.7 Å². The summed E-state index contributed by atoms with van der Waals surface area (Å²) in [5.41, 5.74) is 2.95. The maximum atomic E-state index is 12.2. The van der Waals surface area contributed by atoms with Gasteiger partial charge in [-0.05, 0) is 60.9 Å². The van der Waals surface area contributed by atoms with Crippen LogP contribution in [-0.2, 0) is 13.0 Å². The van der Waals surface area contributed by atoms with Crippen molar-refractivity contribution in [3.8, 4) is 17.2 Å². The predicted molar refractivity (Wildman–Crippen MR) is 135 cm³/mol. The predicted octanol–water partition coefficient (Wildman–Crippen LogP) is 2.78. The van der Waals surface area contributed by atoms with Crippen molar-refractivity contribution in [2.75, 3.05) is 40.4 Å². The number of amides is 1. The Morgan fingerprint density at radius 1 is 1.09 bits per heavy atom. The second-order valence-electron chi connectivity index (χ2n) is 7.19. The lowest BCUT2D eigenvalue weighted by Crippen LogP contribution is -2.44. The van der Waals surface area contributed by atoms with Gasteiger partial charge in [0.15, 0.2) is 17.5 Å². The molecule has 1 heterocycles. The standard InChI is InChI=1S/C23H30N4O4.HI/c1-4-24-23(26-11-10-25-22(29)16-5-7-19(28)8-6-16)27-12-9-17-13-20(30-2)21(31-3)14-18(17)15-27;/h5-8,13-14,28H,4,9-12,15H2,1-3H3,(H,24,26)(H,25,29);1H. The lowest BCUT2D eigenvalue weighted by molar-refractivity contribution is 0.0954. The Morgan fingerprint density at radius 3 is 2.38 bits per heavy atom. The summed E-state index contributed by atoms with van der Waals surface area (Å²) in [5, 5.41) is 15.5. The average molecular weight is 554 g/mol. The summed E-state index contributed by atoms with van der Waals surface area (Å²) in [7, 11) is 3.29. The lowest BCUT2D eigenvalue weighted by Gasteiger charge is -2.32. The van der Waals surface area contributed by atoms with E-state index < -0.39 is 0 Å². The highest BCUT2D eigenvalue weighted by molar-refractivity contribution is 14.0. The van der Waals surface area contributed by atoms with Crippen LogP contribution in [0.2, 0.25) is 0 Å². The van der Waals surface area contributed by atoms with Crippen molar-refractivity contribution < 1.29 is 19.4 Å². The van der Waals surface area contributed by atoms with Gasteiger partial charge >= 0.3 is 0 Å². The highest BCUT2D eigenvalue weighted by Gasteiger charge is 2.21. The minimum absolute atomic E-state index is 0. The van der Waals surface area contributed by atoms with Crippen molar-refractivity contribution in [2.24, 2.45) is 4.99 Å². The number of nitrogens with one attached hydrogen (secondary N) is 2. The van der Waals surface area contributed by atoms with E-state index in [-0.39, 0.29) is 35.6 Å². The number of rotatable bonds is 7. The monoisotopic (exact) mass is 554 g/mol. The largest absolute Gasteiger partial charge is 0.508 e. The van der Waals surface area contributed by atoms with E-state index in [2.05, 4.69) is 26.6 Å². The molecule has 0 atom stereocenters. The first-order valence-corrected chi connectivity index (χ1v) is 10.4. The van der Waals surface area contributed by atoms with Crippen LogP contribution in [0.25, 0.3) is 0 Å². The van der Waals surface area contributed by atoms with Crippen molar-refractivity contribution >= 4 is 35.8 Å². The van der Waals surface area contributed by atoms with E-state index in [1.54, 1.807) is 26.4 Å². The number of halogens is 1. The van der Waals surface area contributed by atoms with Gasteiger partial charge in [-0.3, -0.25) is 9.79 Å².